The highest BCUT2D eigenvalue weighted by Crippen LogP contribution is 2.48. The lowest BCUT2D eigenvalue weighted by atomic mass is 9.91. The Balaban J connectivity index is 1.92. The Hall–Kier alpha value is -3.52. The maximum atomic E-state index is 13.5. The quantitative estimate of drug-likeness (QED) is 0.492. The normalized spacial score (nSPS) is 16.9. The summed E-state index contributed by atoms with van der Waals surface area (Å²) in [4.78, 5) is 34.9. The lowest BCUT2D eigenvalue weighted by Crippen LogP contribution is -2.38. The number of fused-ring (bicyclic) bond motifs is 1. The first-order valence-corrected chi connectivity index (χ1v) is 12.4. The van der Waals surface area contributed by atoms with Crippen molar-refractivity contribution in [3.05, 3.63) is 82.4 Å². The van der Waals surface area contributed by atoms with Gasteiger partial charge in [-0.2, -0.15) is 0 Å². The highest BCUT2D eigenvalue weighted by Gasteiger charge is 2.43. The Morgan fingerprint density at radius 3 is 2.49 bits per heavy atom. The van der Waals surface area contributed by atoms with Gasteiger partial charge in [0, 0.05) is 30.4 Å². The molecule has 0 N–H and O–H groups in total. The summed E-state index contributed by atoms with van der Waals surface area (Å²) >= 11 is 1.45. The number of amides is 1. The van der Waals surface area contributed by atoms with Crippen LogP contribution in [0.2, 0.25) is 0 Å². The Labute approximate surface area is 210 Å². The van der Waals surface area contributed by atoms with Gasteiger partial charge in [-0.1, -0.05) is 60.3 Å². The molecular formula is C27H29N3O4S. The molecule has 2 aliphatic heterocycles. The van der Waals surface area contributed by atoms with Gasteiger partial charge < -0.3 is 19.3 Å². The zero-order chi connectivity index (χ0) is 24.9. The molecule has 0 saturated carbocycles. The van der Waals surface area contributed by atoms with Crippen LogP contribution in [0.25, 0.3) is 5.70 Å². The summed E-state index contributed by atoms with van der Waals surface area (Å²) in [5, 5.41) is 2.65. The maximum Gasteiger partial charge on any atom is 0.338 e. The molecule has 1 atom stereocenters. The molecule has 2 aliphatic rings. The summed E-state index contributed by atoms with van der Waals surface area (Å²) in [7, 11) is 3.39. The van der Waals surface area contributed by atoms with Gasteiger partial charge in [0.1, 0.15) is 5.75 Å². The number of thioether (sulfide) groups is 1. The molecule has 1 unspecified atom stereocenters. The van der Waals surface area contributed by atoms with Crippen LogP contribution in [0.5, 0.6) is 5.75 Å². The molecule has 7 nitrogen and oxygen atoms in total. The third-order valence-electron chi connectivity index (χ3n) is 6.02. The highest BCUT2D eigenvalue weighted by molar-refractivity contribution is 8.16. The highest BCUT2D eigenvalue weighted by atomic mass is 32.2. The summed E-state index contributed by atoms with van der Waals surface area (Å²) in [5.74, 6) is 0.189. The largest absolute Gasteiger partial charge is 0.496 e. The van der Waals surface area contributed by atoms with E-state index in [0.29, 0.717) is 28.7 Å². The number of esters is 1. The Morgan fingerprint density at radius 1 is 1.09 bits per heavy atom. The summed E-state index contributed by atoms with van der Waals surface area (Å²) in [6.45, 7) is 4.57. The van der Waals surface area contributed by atoms with Crippen molar-refractivity contribution in [2.75, 3.05) is 27.3 Å². The zero-order valence-electron chi connectivity index (χ0n) is 20.4. The fraction of sp³-hybridized carbons (Fsp3) is 0.296. The number of aliphatic imine (C=N–C) groups is 1. The average Bonchev–Trinajstić information content (AvgIpc) is 3.29. The minimum absolute atomic E-state index is 0.00472. The first-order chi connectivity index (χ1) is 17.0. The molecule has 0 bridgehead atoms. The van der Waals surface area contributed by atoms with Gasteiger partial charge in [0.05, 0.1) is 37.4 Å². The van der Waals surface area contributed by atoms with E-state index in [0.717, 1.165) is 16.8 Å². The molecule has 0 aliphatic carbocycles. The van der Waals surface area contributed by atoms with Gasteiger partial charge in [-0.3, -0.25) is 4.79 Å². The second-order valence-electron chi connectivity index (χ2n) is 8.07. The molecular weight excluding hydrogens is 462 g/mol. The number of nitrogens with zero attached hydrogens (tertiary/aromatic N) is 3. The number of hydrogen-bond acceptors (Lipinski definition) is 7. The second-order valence-corrected chi connectivity index (χ2v) is 8.91. The standard InChI is InChI=1S/C27H29N3O4S/c1-5-29(3)22(31)16-19-17-35-27-28-24(18-12-8-7-9-13-18)23(26(32)34-6-2)25(30(19)27)20-14-10-11-15-21(20)33-4/h7-15,17,25H,5-6,16H2,1-4H3. The molecule has 35 heavy (non-hydrogen) atoms. The smallest absolute Gasteiger partial charge is 0.338 e. The van der Waals surface area contributed by atoms with Crippen LogP contribution < -0.4 is 4.74 Å². The van der Waals surface area contributed by atoms with Crippen LogP contribution in [0.15, 0.2) is 76.3 Å². The Bertz CT molecular complexity index is 1210. The summed E-state index contributed by atoms with van der Waals surface area (Å²) in [6.07, 6.45) is 0.193. The predicted octanol–water partition coefficient (Wildman–Crippen LogP) is 4.84. The van der Waals surface area contributed by atoms with Gasteiger partial charge in [0.25, 0.3) is 0 Å². The van der Waals surface area contributed by atoms with E-state index >= 15 is 0 Å². The minimum Gasteiger partial charge on any atom is -0.496 e. The molecule has 0 radical (unpaired) electrons. The number of ether oxygens (including phenoxy) is 2. The molecule has 1 amide bonds. The van der Waals surface area contributed by atoms with Crippen LogP contribution in [-0.2, 0) is 14.3 Å². The van der Waals surface area contributed by atoms with E-state index in [-0.39, 0.29) is 18.9 Å². The minimum atomic E-state index is -0.575. The van der Waals surface area contributed by atoms with Crippen LogP contribution in [-0.4, -0.2) is 54.2 Å². The maximum absolute atomic E-state index is 13.5. The monoisotopic (exact) mass is 491 g/mol. The summed E-state index contributed by atoms with van der Waals surface area (Å²) < 4.78 is 11.2. The van der Waals surface area contributed by atoms with Crippen LogP contribution in [0.3, 0.4) is 0 Å². The molecule has 182 valence electrons. The van der Waals surface area contributed by atoms with Crippen molar-refractivity contribution in [1.29, 1.82) is 0 Å². The third-order valence-corrected chi connectivity index (χ3v) is 6.91. The van der Waals surface area contributed by atoms with Gasteiger partial charge in [-0.15, -0.1) is 0 Å². The summed E-state index contributed by atoms with van der Waals surface area (Å²) in [6, 6.07) is 16.7. The van der Waals surface area contributed by atoms with E-state index in [1.165, 1.54) is 11.8 Å². The first-order valence-electron chi connectivity index (χ1n) is 11.6. The number of carbonyl (C=O) groups excluding carboxylic acids is 2. The van der Waals surface area contributed by atoms with E-state index in [4.69, 9.17) is 14.5 Å². The summed E-state index contributed by atoms with van der Waals surface area (Å²) in [5.41, 5.74) is 3.37. The molecule has 0 aromatic heterocycles. The van der Waals surface area contributed by atoms with Crippen molar-refractivity contribution in [2.45, 2.75) is 26.3 Å². The number of benzene rings is 2. The fourth-order valence-corrected chi connectivity index (χ4v) is 5.06. The topological polar surface area (TPSA) is 71.4 Å². The van der Waals surface area contributed by atoms with Crippen LogP contribution in [0.4, 0.5) is 0 Å². The average molecular weight is 492 g/mol. The number of methoxy groups -OCH3 is 1. The molecule has 0 saturated heterocycles. The zero-order valence-corrected chi connectivity index (χ0v) is 21.2. The van der Waals surface area contributed by atoms with E-state index in [1.54, 1.807) is 26.0 Å². The van der Waals surface area contributed by atoms with Crippen LogP contribution in [0.1, 0.15) is 37.4 Å². The van der Waals surface area contributed by atoms with E-state index in [1.807, 2.05) is 71.8 Å². The van der Waals surface area contributed by atoms with Gasteiger partial charge >= 0.3 is 5.97 Å². The van der Waals surface area contributed by atoms with Crippen molar-refractivity contribution < 1.29 is 19.1 Å². The van der Waals surface area contributed by atoms with Gasteiger partial charge in [-0.05, 0) is 25.3 Å². The van der Waals surface area contributed by atoms with Crippen molar-refractivity contribution in [1.82, 2.24) is 9.80 Å². The predicted molar refractivity (Wildman–Crippen MR) is 139 cm³/mol. The lowest BCUT2D eigenvalue weighted by Gasteiger charge is -2.37. The number of rotatable bonds is 8. The van der Waals surface area contributed by atoms with Crippen molar-refractivity contribution in [2.24, 2.45) is 4.99 Å². The number of amidine groups is 1. The van der Waals surface area contributed by atoms with E-state index < -0.39 is 12.0 Å². The molecule has 0 spiro atoms. The van der Waals surface area contributed by atoms with Gasteiger partial charge in [-0.25, -0.2) is 9.79 Å². The van der Waals surface area contributed by atoms with Crippen molar-refractivity contribution in [3.63, 3.8) is 0 Å². The van der Waals surface area contributed by atoms with Gasteiger partial charge in [0.15, 0.2) is 5.17 Å². The fourth-order valence-electron chi connectivity index (χ4n) is 4.14. The van der Waals surface area contributed by atoms with Gasteiger partial charge in [0.2, 0.25) is 5.91 Å². The molecule has 4 rings (SSSR count). The van der Waals surface area contributed by atoms with Crippen LogP contribution >= 0.6 is 11.8 Å². The SMILES string of the molecule is CCOC(=O)C1=C(c2ccccc2)N=C2SC=C(CC(=O)N(C)CC)N2C1c1ccccc1OC. The number of para-hydroxylation sites is 1. The second kappa shape index (κ2) is 10.8. The first kappa shape index (κ1) is 24.6. The van der Waals surface area contributed by atoms with Crippen LogP contribution in [0, 0.1) is 0 Å². The lowest BCUT2D eigenvalue weighted by molar-refractivity contribution is -0.139. The molecule has 2 aromatic carbocycles. The molecule has 2 heterocycles. The Morgan fingerprint density at radius 2 is 1.80 bits per heavy atom. The third kappa shape index (κ3) is 4.84. The van der Waals surface area contributed by atoms with E-state index in [9.17, 15) is 9.59 Å². The van der Waals surface area contributed by atoms with E-state index in [2.05, 4.69) is 0 Å². The Kier molecular flexibility index (Phi) is 7.60. The number of hydrogen-bond donors (Lipinski definition) is 0. The van der Waals surface area contributed by atoms with Crippen molar-refractivity contribution >= 4 is 34.5 Å². The molecule has 8 heteroatoms. The number of carbonyl (C=O) groups is 2. The van der Waals surface area contributed by atoms with Crippen molar-refractivity contribution in [3.8, 4) is 5.75 Å². The molecule has 2 aromatic rings. The molecule has 0 fully saturated rings.